The molecule has 1 amide bonds. The highest BCUT2D eigenvalue weighted by atomic mass is 32.1. The number of ether oxygens (including phenoxy) is 3. The molecule has 30 heavy (non-hydrogen) atoms. The summed E-state index contributed by atoms with van der Waals surface area (Å²) in [5, 5.41) is 4.85. The summed E-state index contributed by atoms with van der Waals surface area (Å²) in [6, 6.07) is 13.0. The zero-order valence-electron chi connectivity index (χ0n) is 16.8. The number of nitrogens with one attached hydrogen (secondary N) is 1. The van der Waals surface area contributed by atoms with Crippen molar-refractivity contribution < 1.29 is 19.0 Å². The lowest BCUT2D eigenvalue weighted by Gasteiger charge is -2.09. The van der Waals surface area contributed by atoms with Crippen molar-refractivity contribution in [2.75, 3.05) is 26.6 Å². The van der Waals surface area contributed by atoms with Crippen molar-refractivity contribution >= 4 is 27.9 Å². The molecule has 154 valence electrons. The van der Waals surface area contributed by atoms with Crippen LogP contribution in [-0.4, -0.2) is 36.6 Å². The van der Waals surface area contributed by atoms with Gasteiger partial charge in [0.1, 0.15) is 5.75 Å². The molecule has 2 aromatic carbocycles. The van der Waals surface area contributed by atoms with Crippen LogP contribution in [-0.2, 0) is 11.2 Å². The quantitative estimate of drug-likeness (QED) is 0.481. The average molecular weight is 423 g/mol. The summed E-state index contributed by atoms with van der Waals surface area (Å²) in [5.41, 5.74) is 3.22. The topological polar surface area (TPSA) is 74.1 Å². The van der Waals surface area contributed by atoms with Crippen LogP contribution in [0.2, 0.25) is 0 Å². The van der Waals surface area contributed by atoms with E-state index in [2.05, 4.69) is 10.3 Å². The van der Waals surface area contributed by atoms with Gasteiger partial charge < -0.3 is 19.5 Å². The van der Waals surface area contributed by atoms with Crippen molar-refractivity contribution in [3.8, 4) is 28.5 Å². The number of para-hydroxylation sites is 2. The number of anilines is 1. The molecule has 0 aliphatic carbocycles. The maximum absolute atomic E-state index is 12.6. The lowest BCUT2D eigenvalue weighted by atomic mass is 10.1. The largest absolute Gasteiger partial charge is 0.495 e. The number of benzene rings is 2. The Morgan fingerprint density at radius 2 is 1.80 bits per heavy atom. The number of rotatable bonds is 7. The van der Waals surface area contributed by atoms with E-state index >= 15 is 0 Å². The third kappa shape index (κ3) is 3.81. The third-order valence-corrected chi connectivity index (χ3v) is 5.57. The molecule has 0 aliphatic heterocycles. The lowest BCUT2D eigenvalue weighted by molar-refractivity contribution is -0.115. The number of hydrogen-bond acceptors (Lipinski definition) is 6. The van der Waals surface area contributed by atoms with Gasteiger partial charge in [-0.3, -0.25) is 9.20 Å². The molecule has 1 N–H and O–H groups in total. The fraction of sp³-hybridized carbons (Fsp3) is 0.182. The number of fused-ring (bicyclic) bond motifs is 1. The van der Waals surface area contributed by atoms with E-state index in [9.17, 15) is 4.79 Å². The van der Waals surface area contributed by atoms with Crippen molar-refractivity contribution in [2.24, 2.45) is 0 Å². The monoisotopic (exact) mass is 423 g/mol. The Balaban J connectivity index is 1.57. The van der Waals surface area contributed by atoms with Gasteiger partial charge in [-0.2, -0.15) is 0 Å². The third-order valence-electron chi connectivity index (χ3n) is 4.69. The van der Waals surface area contributed by atoms with E-state index in [-0.39, 0.29) is 12.3 Å². The standard InChI is InChI=1S/C22H21N3O4S/c1-27-18-7-5-4-6-16(18)23-21(26)11-15-13-30-22-24-17(12-25(15)22)14-8-9-19(28-2)20(10-14)29-3/h4-10,12-13H,11H2,1-3H3,(H,23,26). The second kappa shape index (κ2) is 8.46. The van der Waals surface area contributed by atoms with Gasteiger partial charge in [0.2, 0.25) is 5.91 Å². The first-order chi connectivity index (χ1) is 14.6. The van der Waals surface area contributed by atoms with Gasteiger partial charge in [-0.05, 0) is 30.3 Å². The highest BCUT2D eigenvalue weighted by molar-refractivity contribution is 7.15. The number of amides is 1. The molecule has 0 saturated heterocycles. The number of carbonyl (C=O) groups excluding carboxylic acids is 1. The molecular formula is C22H21N3O4S. The number of thiazole rings is 1. The molecule has 0 radical (unpaired) electrons. The number of imidazole rings is 1. The van der Waals surface area contributed by atoms with Crippen LogP contribution in [0, 0.1) is 0 Å². The first kappa shape index (κ1) is 19.8. The fourth-order valence-electron chi connectivity index (χ4n) is 3.20. The molecule has 0 spiro atoms. The number of nitrogens with zero attached hydrogens (tertiary/aromatic N) is 2. The molecule has 2 aromatic heterocycles. The van der Waals surface area contributed by atoms with E-state index in [0.717, 1.165) is 21.9 Å². The summed E-state index contributed by atoms with van der Waals surface area (Å²) in [6.07, 6.45) is 2.15. The van der Waals surface area contributed by atoms with Gasteiger partial charge in [0.25, 0.3) is 0 Å². The van der Waals surface area contributed by atoms with Crippen LogP contribution in [0.4, 0.5) is 5.69 Å². The first-order valence-corrected chi connectivity index (χ1v) is 10.1. The smallest absolute Gasteiger partial charge is 0.230 e. The highest BCUT2D eigenvalue weighted by Crippen LogP contribution is 2.33. The van der Waals surface area contributed by atoms with Crippen LogP contribution in [0.5, 0.6) is 17.2 Å². The van der Waals surface area contributed by atoms with Crippen LogP contribution in [0.15, 0.2) is 54.0 Å². The second-order valence-electron chi connectivity index (χ2n) is 6.50. The Kier molecular flexibility index (Phi) is 5.58. The Morgan fingerprint density at radius 1 is 1.03 bits per heavy atom. The predicted molar refractivity (Wildman–Crippen MR) is 117 cm³/mol. The lowest BCUT2D eigenvalue weighted by Crippen LogP contribution is -2.15. The minimum atomic E-state index is -0.124. The summed E-state index contributed by atoms with van der Waals surface area (Å²) in [5.74, 6) is 1.80. The van der Waals surface area contributed by atoms with Crippen molar-refractivity contribution in [3.05, 3.63) is 59.7 Å². The van der Waals surface area contributed by atoms with Gasteiger partial charge in [-0.1, -0.05) is 12.1 Å². The van der Waals surface area contributed by atoms with Crippen molar-refractivity contribution in [1.82, 2.24) is 9.38 Å². The van der Waals surface area contributed by atoms with Crippen LogP contribution < -0.4 is 19.5 Å². The minimum absolute atomic E-state index is 0.124. The van der Waals surface area contributed by atoms with Crippen LogP contribution in [0.3, 0.4) is 0 Å². The van der Waals surface area contributed by atoms with E-state index in [4.69, 9.17) is 14.2 Å². The molecule has 0 aliphatic rings. The number of aromatic nitrogens is 2. The molecule has 4 aromatic rings. The zero-order valence-corrected chi connectivity index (χ0v) is 17.7. The van der Waals surface area contributed by atoms with Gasteiger partial charge in [0.15, 0.2) is 16.5 Å². The van der Waals surface area contributed by atoms with Gasteiger partial charge >= 0.3 is 0 Å². The van der Waals surface area contributed by atoms with Crippen molar-refractivity contribution in [1.29, 1.82) is 0 Å². The molecule has 0 unspecified atom stereocenters. The van der Waals surface area contributed by atoms with Gasteiger partial charge in [0.05, 0.1) is 39.1 Å². The minimum Gasteiger partial charge on any atom is -0.495 e. The molecule has 0 atom stereocenters. The van der Waals surface area contributed by atoms with Crippen molar-refractivity contribution in [3.63, 3.8) is 0 Å². The van der Waals surface area contributed by atoms with E-state index in [1.54, 1.807) is 21.3 Å². The highest BCUT2D eigenvalue weighted by Gasteiger charge is 2.15. The Labute approximate surface area is 177 Å². The average Bonchev–Trinajstić information content (AvgIpc) is 3.35. The Bertz CT molecular complexity index is 1200. The Hall–Kier alpha value is -3.52. The van der Waals surface area contributed by atoms with Crippen LogP contribution >= 0.6 is 11.3 Å². The summed E-state index contributed by atoms with van der Waals surface area (Å²) < 4.78 is 17.9. The number of carbonyl (C=O) groups is 1. The zero-order chi connectivity index (χ0) is 21.1. The van der Waals surface area contributed by atoms with Crippen LogP contribution in [0.25, 0.3) is 16.2 Å². The molecule has 0 fully saturated rings. The molecular weight excluding hydrogens is 402 g/mol. The fourth-order valence-corrected chi connectivity index (χ4v) is 4.07. The summed E-state index contributed by atoms with van der Waals surface area (Å²) >= 11 is 1.49. The number of hydrogen-bond donors (Lipinski definition) is 1. The van der Waals surface area contributed by atoms with Gasteiger partial charge in [-0.25, -0.2) is 4.98 Å². The Morgan fingerprint density at radius 3 is 2.57 bits per heavy atom. The van der Waals surface area contributed by atoms with Gasteiger partial charge in [0, 0.05) is 22.8 Å². The molecule has 0 bridgehead atoms. The van der Waals surface area contributed by atoms with Crippen LogP contribution in [0.1, 0.15) is 5.69 Å². The molecule has 7 nitrogen and oxygen atoms in total. The van der Waals surface area contributed by atoms with E-state index < -0.39 is 0 Å². The summed E-state index contributed by atoms with van der Waals surface area (Å²) in [6.45, 7) is 0. The second-order valence-corrected chi connectivity index (χ2v) is 7.34. The molecule has 0 saturated carbocycles. The number of methoxy groups -OCH3 is 3. The predicted octanol–water partition coefficient (Wildman–Crippen LogP) is 4.27. The summed E-state index contributed by atoms with van der Waals surface area (Å²) in [4.78, 5) is 18.1. The molecule has 2 heterocycles. The maximum Gasteiger partial charge on any atom is 0.230 e. The molecule has 4 rings (SSSR count). The van der Waals surface area contributed by atoms with Crippen molar-refractivity contribution in [2.45, 2.75) is 6.42 Å². The summed E-state index contributed by atoms with van der Waals surface area (Å²) in [7, 11) is 4.78. The van der Waals surface area contributed by atoms with E-state index in [1.807, 2.05) is 58.4 Å². The molecule has 8 heteroatoms. The normalized spacial score (nSPS) is 10.8. The maximum atomic E-state index is 12.6. The SMILES string of the molecule is COc1ccccc1NC(=O)Cc1csc2nc(-c3ccc(OC)c(OC)c3)cn12. The van der Waals surface area contributed by atoms with E-state index in [1.165, 1.54) is 11.3 Å². The first-order valence-electron chi connectivity index (χ1n) is 9.23. The van der Waals surface area contributed by atoms with E-state index in [0.29, 0.717) is 22.9 Å². The van der Waals surface area contributed by atoms with Gasteiger partial charge in [-0.15, -0.1) is 11.3 Å².